The van der Waals surface area contributed by atoms with E-state index in [0.29, 0.717) is 5.89 Å². The molecule has 11 aromatic rings. The van der Waals surface area contributed by atoms with Crippen molar-refractivity contribution in [1.82, 2.24) is 4.98 Å². The number of benzene rings is 9. The molecule has 0 amide bonds. The number of anilines is 3. The third kappa shape index (κ3) is 5.95. The van der Waals surface area contributed by atoms with E-state index in [1.165, 1.54) is 42.1 Å². The molecule has 0 saturated heterocycles. The molecule has 0 radical (unpaired) electrons. The zero-order valence-corrected chi connectivity index (χ0v) is 31.7. The topological polar surface area (TPSA) is 29.3 Å². The van der Waals surface area contributed by atoms with Crippen LogP contribution in [0.25, 0.3) is 86.9 Å². The van der Waals surface area contributed by atoms with Crippen molar-refractivity contribution in [2.75, 3.05) is 4.90 Å². The summed E-state index contributed by atoms with van der Waals surface area (Å²) in [6.45, 7) is 0. The Morgan fingerprint density at radius 3 is 1.74 bits per heavy atom. The van der Waals surface area contributed by atoms with Crippen molar-refractivity contribution in [3.8, 4) is 44.8 Å². The van der Waals surface area contributed by atoms with E-state index in [4.69, 9.17) is 9.40 Å². The van der Waals surface area contributed by atoms with Crippen LogP contribution in [-0.2, 0) is 0 Å². The molecule has 2 aromatic heterocycles. The van der Waals surface area contributed by atoms with Crippen molar-refractivity contribution in [2.24, 2.45) is 0 Å². The summed E-state index contributed by atoms with van der Waals surface area (Å²) >= 11 is 1.84. The number of aromatic nitrogens is 1. The number of hydrogen-bond donors (Lipinski definition) is 0. The Kier molecular flexibility index (Phi) is 8.01. The number of fused-ring (bicyclic) bond motifs is 5. The van der Waals surface area contributed by atoms with E-state index >= 15 is 0 Å². The molecule has 11 rings (SSSR count). The van der Waals surface area contributed by atoms with Gasteiger partial charge in [-0.1, -0.05) is 140 Å². The van der Waals surface area contributed by atoms with Crippen LogP contribution >= 0.6 is 11.3 Å². The summed E-state index contributed by atoms with van der Waals surface area (Å²) in [4.78, 5) is 7.44. The molecule has 0 unspecified atom stereocenters. The lowest BCUT2D eigenvalue weighted by atomic mass is 9.98. The van der Waals surface area contributed by atoms with Crippen molar-refractivity contribution in [3.63, 3.8) is 0 Å². The molecular formula is C53H34N2OS. The monoisotopic (exact) mass is 746 g/mol. The lowest BCUT2D eigenvalue weighted by molar-refractivity contribution is 0.621. The Balaban J connectivity index is 1.02. The molecule has 0 aliphatic rings. The van der Waals surface area contributed by atoms with Crippen LogP contribution in [-0.4, -0.2) is 4.98 Å². The fraction of sp³-hybridized carbons (Fsp3) is 0. The molecule has 0 atom stereocenters. The molecule has 268 valence electrons. The Morgan fingerprint density at radius 1 is 0.386 bits per heavy atom. The highest BCUT2D eigenvalue weighted by molar-refractivity contribution is 7.25. The molecule has 4 heteroatoms. The van der Waals surface area contributed by atoms with Gasteiger partial charge in [0.1, 0.15) is 5.52 Å². The molecule has 0 bridgehead atoms. The van der Waals surface area contributed by atoms with Crippen LogP contribution in [0.1, 0.15) is 0 Å². The van der Waals surface area contributed by atoms with E-state index in [9.17, 15) is 0 Å². The lowest BCUT2D eigenvalue weighted by Crippen LogP contribution is -2.09. The van der Waals surface area contributed by atoms with E-state index in [1.807, 2.05) is 47.7 Å². The maximum atomic E-state index is 6.63. The minimum Gasteiger partial charge on any atom is -0.435 e. The molecule has 9 aromatic carbocycles. The SMILES string of the molecule is c1ccc(-c2nc3c(-c4ccccc4)ccc(-c4ccc(N(c5ccc(-c6ccc7ccccc7c6)cc5)c5ccc6c(c5)sc5ccccc56)cc4)c3o2)cc1. The molecule has 57 heavy (non-hydrogen) atoms. The van der Waals surface area contributed by atoms with Gasteiger partial charge in [-0.05, 0) is 99.8 Å². The van der Waals surface area contributed by atoms with E-state index in [-0.39, 0.29) is 0 Å². The Labute approximate surface area is 334 Å². The molecule has 0 N–H and O–H groups in total. The highest BCUT2D eigenvalue weighted by Crippen LogP contribution is 2.43. The minimum absolute atomic E-state index is 0.613. The molecule has 0 aliphatic carbocycles. The molecule has 2 heterocycles. The third-order valence-electron chi connectivity index (χ3n) is 10.9. The van der Waals surface area contributed by atoms with Crippen LogP contribution in [0.2, 0.25) is 0 Å². The Hall–Kier alpha value is -7.27. The summed E-state index contributed by atoms with van der Waals surface area (Å²) in [7, 11) is 0. The van der Waals surface area contributed by atoms with E-state index < -0.39 is 0 Å². The Bertz CT molecular complexity index is 3220. The fourth-order valence-electron chi connectivity index (χ4n) is 8.05. The molecule has 0 aliphatic heterocycles. The van der Waals surface area contributed by atoms with Crippen molar-refractivity contribution in [3.05, 3.63) is 206 Å². The van der Waals surface area contributed by atoms with Gasteiger partial charge in [0, 0.05) is 53.9 Å². The van der Waals surface area contributed by atoms with Crippen molar-refractivity contribution in [1.29, 1.82) is 0 Å². The second-order valence-corrected chi connectivity index (χ2v) is 15.4. The van der Waals surface area contributed by atoms with Gasteiger partial charge in [-0.15, -0.1) is 11.3 Å². The second-order valence-electron chi connectivity index (χ2n) is 14.4. The first-order valence-corrected chi connectivity index (χ1v) is 20.0. The minimum atomic E-state index is 0.613. The summed E-state index contributed by atoms with van der Waals surface area (Å²) in [5.41, 5.74) is 12.5. The first kappa shape index (κ1) is 33.1. The normalized spacial score (nSPS) is 11.5. The van der Waals surface area contributed by atoms with Gasteiger partial charge >= 0.3 is 0 Å². The summed E-state index contributed by atoms with van der Waals surface area (Å²) in [5, 5.41) is 5.07. The number of thiophene rings is 1. The fourth-order valence-corrected chi connectivity index (χ4v) is 9.19. The van der Waals surface area contributed by atoms with Crippen LogP contribution in [0.3, 0.4) is 0 Å². The predicted octanol–water partition coefficient (Wildman–Crippen LogP) is 15.5. The van der Waals surface area contributed by atoms with Crippen LogP contribution in [0.4, 0.5) is 17.1 Å². The number of nitrogens with zero attached hydrogens (tertiary/aromatic N) is 2. The highest BCUT2D eigenvalue weighted by atomic mass is 32.1. The largest absolute Gasteiger partial charge is 0.435 e. The van der Waals surface area contributed by atoms with Gasteiger partial charge in [0.25, 0.3) is 0 Å². The summed E-state index contributed by atoms with van der Waals surface area (Å²) < 4.78 is 9.20. The zero-order valence-electron chi connectivity index (χ0n) is 30.8. The average Bonchev–Trinajstić information content (AvgIpc) is 3.90. The van der Waals surface area contributed by atoms with Gasteiger partial charge in [-0.25, -0.2) is 4.98 Å². The van der Waals surface area contributed by atoms with Crippen molar-refractivity contribution < 1.29 is 4.42 Å². The summed E-state index contributed by atoms with van der Waals surface area (Å²) in [5.74, 6) is 0.613. The van der Waals surface area contributed by atoms with Crippen LogP contribution in [0, 0.1) is 0 Å². The van der Waals surface area contributed by atoms with E-state index in [1.54, 1.807) is 0 Å². The van der Waals surface area contributed by atoms with Gasteiger partial charge in [-0.2, -0.15) is 0 Å². The number of hydrogen-bond acceptors (Lipinski definition) is 4. The van der Waals surface area contributed by atoms with Crippen molar-refractivity contribution >= 4 is 70.4 Å². The van der Waals surface area contributed by atoms with Crippen LogP contribution < -0.4 is 4.90 Å². The molecule has 3 nitrogen and oxygen atoms in total. The van der Waals surface area contributed by atoms with Gasteiger partial charge in [-0.3, -0.25) is 0 Å². The van der Waals surface area contributed by atoms with Gasteiger partial charge in [0.2, 0.25) is 5.89 Å². The number of rotatable bonds is 7. The van der Waals surface area contributed by atoms with E-state index in [0.717, 1.165) is 56.0 Å². The maximum absolute atomic E-state index is 6.63. The summed E-state index contributed by atoms with van der Waals surface area (Å²) in [6.07, 6.45) is 0. The van der Waals surface area contributed by atoms with Gasteiger partial charge in [0.05, 0.1) is 0 Å². The summed E-state index contributed by atoms with van der Waals surface area (Å²) in [6, 6.07) is 73.4. The smallest absolute Gasteiger partial charge is 0.227 e. The lowest BCUT2D eigenvalue weighted by Gasteiger charge is -2.26. The van der Waals surface area contributed by atoms with Crippen LogP contribution in [0.5, 0.6) is 0 Å². The van der Waals surface area contributed by atoms with Crippen molar-refractivity contribution in [2.45, 2.75) is 0 Å². The second kappa shape index (κ2) is 13.8. The van der Waals surface area contributed by atoms with Gasteiger partial charge < -0.3 is 9.32 Å². The molecule has 0 saturated carbocycles. The van der Waals surface area contributed by atoms with E-state index in [2.05, 4.69) is 175 Å². The molecule has 0 spiro atoms. The quantitative estimate of drug-likeness (QED) is 0.163. The molecular weight excluding hydrogens is 713 g/mol. The van der Waals surface area contributed by atoms with Gasteiger partial charge in [0.15, 0.2) is 5.58 Å². The number of oxazole rings is 1. The first-order chi connectivity index (χ1) is 28.2. The zero-order chi connectivity index (χ0) is 37.7. The highest BCUT2D eigenvalue weighted by Gasteiger charge is 2.19. The predicted molar refractivity (Wildman–Crippen MR) is 241 cm³/mol. The Morgan fingerprint density at radius 2 is 0.965 bits per heavy atom. The third-order valence-corrected chi connectivity index (χ3v) is 12.0. The average molecular weight is 747 g/mol. The first-order valence-electron chi connectivity index (χ1n) is 19.2. The van der Waals surface area contributed by atoms with Crippen LogP contribution in [0.15, 0.2) is 211 Å². The maximum Gasteiger partial charge on any atom is 0.227 e. The molecule has 0 fully saturated rings. The standard InChI is InChI=1S/C53H34N2OS/c1-3-12-37(13-4-1)45-31-32-46(52-51(45)54-53(56-52)39-14-5-2-6-15-39)38-23-27-43(28-24-38)55(44-29-30-48-47-17-9-10-18-49(47)57-50(48)34-44)42-25-21-36(22-26-42)41-20-19-35-11-7-8-16-40(35)33-41/h1-34H.